The lowest BCUT2D eigenvalue weighted by Gasteiger charge is -2.51. The minimum Gasteiger partial charge on any atom is -0.375 e. The number of carbonyl (C=O) groups is 1. The second-order valence-corrected chi connectivity index (χ2v) is 11.3. The van der Waals surface area contributed by atoms with Crippen molar-refractivity contribution in [2.75, 3.05) is 25.5 Å². The number of benzene rings is 1. The molecule has 7 nitrogen and oxygen atoms in total. The number of hydrogen-bond donors (Lipinski definition) is 1. The minimum atomic E-state index is -4.79. The highest BCUT2D eigenvalue weighted by atomic mass is 19.4. The van der Waals surface area contributed by atoms with Gasteiger partial charge in [-0.2, -0.15) is 13.2 Å². The molecule has 1 aromatic heterocycles. The van der Waals surface area contributed by atoms with E-state index in [1.54, 1.807) is 13.8 Å². The van der Waals surface area contributed by atoms with Crippen LogP contribution in [0.3, 0.4) is 0 Å². The second-order valence-electron chi connectivity index (χ2n) is 11.3. The predicted molar refractivity (Wildman–Crippen MR) is 131 cm³/mol. The first-order chi connectivity index (χ1) is 18.0. The zero-order chi connectivity index (χ0) is 27.0. The van der Waals surface area contributed by atoms with Gasteiger partial charge in [-0.3, -0.25) is 4.79 Å². The summed E-state index contributed by atoms with van der Waals surface area (Å²) < 4.78 is 60.8. The number of aryl methyl sites for hydroxylation is 1. The number of halogens is 4. The van der Waals surface area contributed by atoms with Gasteiger partial charge in [0.2, 0.25) is 5.91 Å². The van der Waals surface area contributed by atoms with E-state index in [1.165, 1.54) is 12.1 Å². The maximum absolute atomic E-state index is 15.0. The normalized spacial score (nSPS) is 29.8. The van der Waals surface area contributed by atoms with Crippen molar-refractivity contribution in [3.05, 3.63) is 52.2 Å². The minimum absolute atomic E-state index is 0.0448. The molecule has 4 atom stereocenters. The molecule has 1 aromatic carbocycles. The highest BCUT2D eigenvalue weighted by molar-refractivity contribution is 5.91. The van der Waals surface area contributed by atoms with Crippen LogP contribution in [-0.4, -0.2) is 64.1 Å². The van der Waals surface area contributed by atoms with Gasteiger partial charge in [-0.05, 0) is 59.2 Å². The fraction of sp³-hybridized carbons (Fsp3) is 0.593. The van der Waals surface area contributed by atoms with Crippen molar-refractivity contribution in [3.8, 4) is 0 Å². The van der Waals surface area contributed by atoms with Gasteiger partial charge in [-0.25, -0.2) is 14.4 Å². The van der Waals surface area contributed by atoms with E-state index in [9.17, 15) is 22.4 Å². The molecule has 3 unspecified atom stereocenters. The quantitative estimate of drug-likeness (QED) is 0.590. The van der Waals surface area contributed by atoms with E-state index in [4.69, 9.17) is 9.72 Å². The smallest absolute Gasteiger partial charge is 0.375 e. The molecule has 1 amide bonds. The Morgan fingerprint density at radius 1 is 1.18 bits per heavy atom. The molecular formula is C27H31F4N5O2. The number of amides is 1. The summed E-state index contributed by atoms with van der Waals surface area (Å²) in [5, 5.41) is 3.19. The molecule has 1 spiro atoms. The van der Waals surface area contributed by atoms with Crippen LogP contribution in [0.15, 0.2) is 18.2 Å². The molecule has 1 N–H and O–H groups in total. The number of nitrogens with one attached hydrogen (secondary N) is 1. The molecule has 4 aliphatic heterocycles. The summed E-state index contributed by atoms with van der Waals surface area (Å²) in [5.41, 5.74) is -0.794. The van der Waals surface area contributed by atoms with Crippen LogP contribution in [-0.2, 0) is 27.7 Å². The number of likely N-dealkylation sites (N-methyl/N-ethyl adjacent to an activating group) is 1. The van der Waals surface area contributed by atoms with Crippen molar-refractivity contribution in [2.24, 2.45) is 0 Å². The van der Waals surface area contributed by atoms with Gasteiger partial charge in [0.05, 0.1) is 36.1 Å². The second kappa shape index (κ2) is 8.87. The Morgan fingerprint density at radius 3 is 2.53 bits per heavy atom. The number of hydrogen-bond acceptors (Lipinski definition) is 6. The van der Waals surface area contributed by atoms with Gasteiger partial charge in [0.15, 0.2) is 0 Å². The molecule has 7 rings (SSSR count). The standard InChI is InChI=1S/C27H31F4N5O2/c1-14(19-5-4-6-21(22(19)28)27(29,30)31)32-24-20-12-36(16-9-17-11-18(10-16)38-17)25(37)26(7-8-35(3)13-26)23(20)33-15(2)34-24/h4-6,14,16-18H,7-13H2,1-3H3,(H,32,33,34)/t14-,16?,17?,18?,26?/m1/s1. The fourth-order valence-electron chi connectivity index (χ4n) is 6.74. The van der Waals surface area contributed by atoms with Crippen LogP contribution in [0.1, 0.15) is 66.9 Å². The fourth-order valence-corrected chi connectivity index (χ4v) is 6.74. The maximum atomic E-state index is 15.0. The number of aromatic nitrogens is 2. The zero-order valence-electron chi connectivity index (χ0n) is 21.6. The van der Waals surface area contributed by atoms with Crippen LogP contribution < -0.4 is 5.32 Å². The first kappa shape index (κ1) is 25.5. The Morgan fingerprint density at radius 2 is 1.89 bits per heavy atom. The molecule has 4 fully saturated rings. The molecule has 1 aliphatic carbocycles. The molecule has 5 aliphatic rings. The van der Waals surface area contributed by atoms with Crippen molar-refractivity contribution in [2.45, 2.75) is 82.0 Å². The average molecular weight is 534 g/mol. The van der Waals surface area contributed by atoms with Gasteiger partial charge in [0.25, 0.3) is 0 Å². The lowest BCUT2D eigenvalue weighted by molar-refractivity contribution is -0.184. The van der Waals surface area contributed by atoms with Gasteiger partial charge < -0.3 is 19.9 Å². The first-order valence-corrected chi connectivity index (χ1v) is 13.1. The number of rotatable bonds is 4. The number of fused-ring (bicyclic) bond motifs is 4. The molecule has 5 heterocycles. The summed E-state index contributed by atoms with van der Waals surface area (Å²) in [7, 11) is 1.98. The Hall–Kier alpha value is -2.79. The molecule has 1 saturated carbocycles. The Bertz CT molecular complexity index is 1270. The summed E-state index contributed by atoms with van der Waals surface area (Å²) in [5.74, 6) is -0.348. The number of alkyl halides is 3. The number of nitrogens with zero attached hydrogens (tertiary/aromatic N) is 4. The molecule has 2 bridgehead atoms. The number of likely N-dealkylation sites (tertiary alicyclic amines) is 1. The van der Waals surface area contributed by atoms with Gasteiger partial charge in [0.1, 0.15) is 22.9 Å². The highest BCUT2D eigenvalue weighted by Crippen LogP contribution is 2.46. The predicted octanol–water partition coefficient (Wildman–Crippen LogP) is 4.35. The third kappa shape index (κ3) is 4.05. The van der Waals surface area contributed by atoms with Crippen LogP contribution in [0.2, 0.25) is 0 Å². The molecule has 2 aromatic rings. The first-order valence-electron chi connectivity index (χ1n) is 13.1. The van der Waals surface area contributed by atoms with Crippen molar-refractivity contribution in [1.82, 2.24) is 19.8 Å². The summed E-state index contributed by atoms with van der Waals surface area (Å²) >= 11 is 0. The summed E-state index contributed by atoms with van der Waals surface area (Å²) in [6.45, 7) is 4.91. The van der Waals surface area contributed by atoms with E-state index in [1.807, 2.05) is 11.9 Å². The van der Waals surface area contributed by atoms with Crippen molar-refractivity contribution in [3.63, 3.8) is 0 Å². The Kier molecular flexibility index (Phi) is 5.95. The molecule has 204 valence electrons. The van der Waals surface area contributed by atoms with Crippen molar-refractivity contribution < 1.29 is 27.1 Å². The zero-order valence-corrected chi connectivity index (χ0v) is 21.6. The van der Waals surface area contributed by atoms with E-state index in [2.05, 4.69) is 15.2 Å². The Balaban J connectivity index is 1.40. The molecule has 11 heteroatoms. The van der Waals surface area contributed by atoms with Gasteiger partial charge >= 0.3 is 6.18 Å². The van der Waals surface area contributed by atoms with E-state index in [0.717, 1.165) is 37.4 Å². The van der Waals surface area contributed by atoms with E-state index < -0.39 is 29.0 Å². The van der Waals surface area contributed by atoms with Crippen molar-refractivity contribution in [1.29, 1.82) is 0 Å². The van der Waals surface area contributed by atoms with Gasteiger partial charge in [0, 0.05) is 23.7 Å². The van der Waals surface area contributed by atoms with E-state index in [0.29, 0.717) is 36.8 Å². The summed E-state index contributed by atoms with van der Waals surface area (Å²) in [4.78, 5) is 27.6. The lowest BCUT2D eigenvalue weighted by Crippen LogP contribution is -2.60. The topological polar surface area (TPSA) is 70.6 Å². The number of ether oxygens (including phenoxy) is 1. The largest absolute Gasteiger partial charge is 0.419 e. The lowest BCUT2D eigenvalue weighted by atomic mass is 9.74. The number of carbonyl (C=O) groups excluding carboxylic acids is 1. The maximum Gasteiger partial charge on any atom is 0.419 e. The molecule has 0 radical (unpaired) electrons. The van der Waals surface area contributed by atoms with Gasteiger partial charge in [-0.15, -0.1) is 0 Å². The summed E-state index contributed by atoms with van der Waals surface area (Å²) in [6.07, 6.45) is -1.24. The van der Waals surface area contributed by atoms with Crippen LogP contribution >= 0.6 is 0 Å². The third-order valence-corrected chi connectivity index (χ3v) is 8.61. The third-order valence-electron chi connectivity index (χ3n) is 8.61. The Labute approximate surface area is 218 Å². The monoisotopic (exact) mass is 533 g/mol. The van der Waals surface area contributed by atoms with Crippen LogP contribution in [0.5, 0.6) is 0 Å². The SMILES string of the molecule is Cc1nc(N[C@H](C)c2cccc(C(F)(F)F)c2F)c2c(n1)C1(CCN(C)C1)C(=O)N(C1CC3CC(C1)O3)C2. The number of anilines is 1. The molecule has 38 heavy (non-hydrogen) atoms. The highest BCUT2D eigenvalue weighted by Gasteiger charge is 2.55. The van der Waals surface area contributed by atoms with Crippen molar-refractivity contribution >= 4 is 11.7 Å². The van der Waals surface area contributed by atoms with E-state index in [-0.39, 0.29) is 29.7 Å². The van der Waals surface area contributed by atoms with Crippen LogP contribution in [0, 0.1) is 12.7 Å². The molecular weight excluding hydrogens is 502 g/mol. The summed E-state index contributed by atoms with van der Waals surface area (Å²) in [6, 6.07) is 2.54. The van der Waals surface area contributed by atoms with Gasteiger partial charge in [-0.1, -0.05) is 12.1 Å². The molecule has 3 saturated heterocycles. The van der Waals surface area contributed by atoms with E-state index >= 15 is 0 Å². The average Bonchev–Trinajstić information content (AvgIpc) is 3.23. The van der Waals surface area contributed by atoms with Crippen LogP contribution in [0.4, 0.5) is 23.4 Å². The van der Waals surface area contributed by atoms with Crippen LogP contribution in [0.25, 0.3) is 0 Å².